The minimum absolute atomic E-state index is 0.0432. The molecule has 19 heavy (non-hydrogen) atoms. The highest BCUT2D eigenvalue weighted by Gasteiger charge is 2.27. The molecule has 3 N–H and O–H groups in total. The first-order valence-electron chi connectivity index (χ1n) is 6.94. The molecule has 1 aromatic heterocycles. The highest BCUT2D eigenvalue weighted by atomic mass is 32.2. The molecular formula is C12H23N5OS. The Morgan fingerprint density at radius 1 is 1.42 bits per heavy atom. The molecule has 108 valence electrons. The molecule has 0 aromatic carbocycles. The van der Waals surface area contributed by atoms with Gasteiger partial charge in [-0.15, -0.1) is 5.10 Å². The maximum Gasteiger partial charge on any atom is 0.209 e. The highest BCUT2D eigenvalue weighted by molar-refractivity contribution is 7.99. The SMILES string of the molecule is CC(C)C(N)C(CO)Sc1nnnn1C1CCCC1. The van der Waals surface area contributed by atoms with Gasteiger partial charge in [0, 0.05) is 6.04 Å². The lowest BCUT2D eigenvalue weighted by Gasteiger charge is -2.24. The number of hydrogen-bond donors (Lipinski definition) is 2. The fourth-order valence-electron chi connectivity index (χ4n) is 2.44. The fourth-order valence-corrected chi connectivity index (χ4v) is 3.64. The Labute approximate surface area is 118 Å². The van der Waals surface area contributed by atoms with E-state index in [1.807, 2.05) is 4.68 Å². The van der Waals surface area contributed by atoms with E-state index in [2.05, 4.69) is 29.4 Å². The van der Waals surface area contributed by atoms with Crippen LogP contribution in [0.5, 0.6) is 0 Å². The summed E-state index contributed by atoms with van der Waals surface area (Å²) in [5.41, 5.74) is 6.13. The van der Waals surface area contributed by atoms with Gasteiger partial charge in [-0.2, -0.15) is 0 Å². The smallest absolute Gasteiger partial charge is 0.209 e. The van der Waals surface area contributed by atoms with Crippen molar-refractivity contribution in [3.05, 3.63) is 0 Å². The topological polar surface area (TPSA) is 89.8 Å². The van der Waals surface area contributed by atoms with Crippen molar-refractivity contribution < 1.29 is 5.11 Å². The summed E-state index contributed by atoms with van der Waals surface area (Å²) in [6.07, 6.45) is 4.75. The van der Waals surface area contributed by atoms with E-state index < -0.39 is 0 Å². The molecule has 2 unspecified atom stereocenters. The lowest BCUT2D eigenvalue weighted by atomic mass is 10.0. The molecule has 0 radical (unpaired) electrons. The summed E-state index contributed by atoms with van der Waals surface area (Å²) >= 11 is 1.50. The van der Waals surface area contributed by atoms with Crippen molar-refractivity contribution in [2.45, 2.75) is 62.0 Å². The molecule has 1 aliphatic rings. The van der Waals surface area contributed by atoms with Crippen molar-refractivity contribution in [3.8, 4) is 0 Å². The Kier molecular flexibility index (Phi) is 5.18. The first kappa shape index (κ1) is 14.7. The number of tetrazole rings is 1. The molecule has 1 heterocycles. The second kappa shape index (κ2) is 6.67. The van der Waals surface area contributed by atoms with Crippen LogP contribution >= 0.6 is 11.8 Å². The number of aliphatic hydroxyl groups is 1. The van der Waals surface area contributed by atoms with Crippen molar-refractivity contribution in [2.75, 3.05) is 6.61 Å². The van der Waals surface area contributed by atoms with Crippen LogP contribution in [0.15, 0.2) is 5.16 Å². The molecule has 0 saturated heterocycles. The molecule has 6 nitrogen and oxygen atoms in total. The van der Waals surface area contributed by atoms with E-state index in [0.717, 1.165) is 18.0 Å². The van der Waals surface area contributed by atoms with Crippen molar-refractivity contribution in [3.63, 3.8) is 0 Å². The van der Waals surface area contributed by atoms with Gasteiger partial charge in [0.2, 0.25) is 5.16 Å². The summed E-state index contributed by atoms with van der Waals surface area (Å²) in [5, 5.41) is 22.2. The number of thioether (sulfide) groups is 1. The van der Waals surface area contributed by atoms with Crippen molar-refractivity contribution in [2.24, 2.45) is 11.7 Å². The monoisotopic (exact) mass is 285 g/mol. The maximum atomic E-state index is 9.52. The predicted octanol–water partition coefficient (Wildman–Crippen LogP) is 1.22. The lowest BCUT2D eigenvalue weighted by molar-refractivity contribution is 0.269. The van der Waals surface area contributed by atoms with Gasteiger partial charge >= 0.3 is 0 Å². The Bertz CT molecular complexity index is 391. The van der Waals surface area contributed by atoms with Crippen molar-refractivity contribution in [1.82, 2.24) is 20.2 Å². The highest BCUT2D eigenvalue weighted by Crippen LogP contribution is 2.33. The summed E-state index contributed by atoms with van der Waals surface area (Å²) in [4.78, 5) is 0. The first-order valence-corrected chi connectivity index (χ1v) is 7.82. The summed E-state index contributed by atoms with van der Waals surface area (Å²) < 4.78 is 1.91. The summed E-state index contributed by atoms with van der Waals surface area (Å²) in [6.45, 7) is 4.17. The van der Waals surface area contributed by atoms with Crippen LogP contribution in [-0.4, -0.2) is 43.2 Å². The number of aromatic nitrogens is 4. The van der Waals surface area contributed by atoms with Crippen LogP contribution in [0, 0.1) is 5.92 Å². The van der Waals surface area contributed by atoms with Gasteiger partial charge in [-0.05, 0) is 29.2 Å². The molecule has 1 aliphatic carbocycles. The van der Waals surface area contributed by atoms with Gasteiger partial charge in [-0.1, -0.05) is 38.5 Å². The molecule has 1 saturated carbocycles. The number of aliphatic hydroxyl groups excluding tert-OH is 1. The van der Waals surface area contributed by atoms with E-state index >= 15 is 0 Å². The van der Waals surface area contributed by atoms with Crippen LogP contribution in [0.4, 0.5) is 0 Å². The molecule has 0 aliphatic heterocycles. The Balaban J connectivity index is 2.07. The van der Waals surface area contributed by atoms with Crippen LogP contribution < -0.4 is 5.73 Å². The average Bonchev–Trinajstić information content (AvgIpc) is 3.05. The van der Waals surface area contributed by atoms with Gasteiger partial charge in [0.25, 0.3) is 0 Å². The number of nitrogens with zero attached hydrogens (tertiary/aromatic N) is 4. The average molecular weight is 285 g/mol. The van der Waals surface area contributed by atoms with E-state index in [0.29, 0.717) is 12.0 Å². The second-order valence-corrected chi connectivity index (χ2v) is 6.71. The van der Waals surface area contributed by atoms with Gasteiger partial charge in [0.05, 0.1) is 17.9 Å². The molecule has 2 rings (SSSR count). The summed E-state index contributed by atoms with van der Waals surface area (Å²) in [5.74, 6) is 0.320. The second-order valence-electron chi connectivity index (χ2n) is 5.50. The number of nitrogens with two attached hydrogens (primary N) is 1. The molecular weight excluding hydrogens is 262 g/mol. The third kappa shape index (κ3) is 3.46. The van der Waals surface area contributed by atoms with Gasteiger partial charge in [0.1, 0.15) is 0 Å². The van der Waals surface area contributed by atoms with Crippen LogP contribution in [0.1, 0.15) is 45.6 Å². The molecule has 0 bridgehead atoms. The minimum atomic E-state index is -0.0660. The Hall–Kier alpha value is -0.660. The fraction of sp³-hybridized carbons (Fsp3) is 0.917. The van der Waals surface area contributed by atoms with Gasteiger partial charge in [0.15, 0.2) is 0 Å². The van der Waals surface area contributed by atoms with Crippen LogP contribution in [0.2, 0.25) is 0 Å². The van der Waals surface area contributed by atoms with E-state index in [4.69, 9.17) is 5.73 Å². The van der Waals surface area contributed by atoms with E-state index in [9.17, 15) is 5.11 Å². The predicted molar refractivity (Wildman–Crippen MR) is 74.9 cm³/mol. The van der Waals surface area contributed by atoms with Crippen LogP contribution in [0.25, 0.3) is 0 Å². The summed E-state index contributed by atoms with van der Waals surface area (Å²) in [7, 11) is 0. The third-order valence-corrected chi connectivity index (χ3v) is 5.01. The normalized spacial score (nSPS) is 20.1. The van der Waals surface area contributed by atoms with Crippen LogP contribution in [-0.2, 0) is 0 Å². The Morgan fingerprint density at radius 3 is 2.68 bits per heavy atom. The quantitative estimate of drug-likeness (QED) is 0.764. The van der Waals surface area contributed by atoms with Crippen molar-refractivity contribution >= 4 is 11.8 Å². The zero-order valence-electron chi connectivity index (χ0n) is 11.6. The van der Waals surface area contributed by atoms with Crippen molar-refractivity contribution in [1.29, 1.82) is 0 Å². The largest absolute Gasteiger partial charge is 0.395 e. The van der Waals surface area contributed by atoms with E-state index in [-0.39, 0.29) is 17.9 Å². The molecule has 1 fully saturated rings. The Morgan fingerprint density at radius 2 is 2.11 bits per heavy atom. The van der Waals surface area contributed by atoms with Gasteiger partial charge in [-0.3, -0.25) is 0 Å². The van der Waals surface area contributed by atoms with E-state index in [1.165, 1.54) is 24.6 Å². The zero-order valence-corrected chi connectivity index (χ0v) is 12.4. The minimum Gasteiger partial charge on any atom is -0.395 e. The maximum absolute atomic E-state index is 9.52. The van der Waals surface area contributed by atoms with Gasteiger partial charge < -0.3 is 10.8 Å². The summed E-state index contributed by atoms with van der Waals surface area (Å²) in [6, 6.07) is 0.343. The van der Waals surface area contributed by atoms with Gasteiger partial charge in [-0.25, -0.2) is 4.68 Å². The zero-order chi connectivity index (χ0) is 13.8. The standard InChI is InChI=1S/C12H23N5OS/c1-8(2)11(13)10(7-18)19-12-14-15-16-17(12)9-5-3-4-6-9/h8-11,18H,3-7,13H2,1-2H3. The number of rotatable bonds is 6. The molecule has 1 aromatic rings. The lowest BCUT2D eigenvalue weighted by Crippen LogP contribution is -2.39. The third-order valence-electron chi connectivity index (χ3n) is 3.77. The number of hydrogen-bond acceptors (Lipinski definition) is 6. The molecule has 0 spiro atoms. The van der Waals surface area contributed by atoms with E-state index in [1.54, 1.807) is 0 Å². The molecule has 2 atom stereocenters. The first-order chi connectivity index (χ1) is 9.13. The molecule has 0 amide bonds. The van der Waals surface area contributed by atoms with Crippen LogP contribution in [0.3, 0.4) is 0 Å². The molecule has 7 heteroatoms.